The van der Waals surface area contributed by atoms with Crippen molar-refractivity contribution in [3.8, 4) is 0 Å². The summed E-state index contributed by atoms with van der Waals surface area (Å²) in [6, 6.07) is 0. The van der Waals surface area contributed by atoms with Crippen LogP contribution in [0.4, 0.5) is 0 Å². The van der Waals surface area contributed by atoms with E-state index in [2.05, 4.69) is 10.1 Å². The highest BCUT2D eigenvalue weighted by atomic mass is 28.3. The summed E-state index contributed by atoms with van der Waals surface area (Å²) in [6.07, 6.45) is 3.86. The average Bonchev–Trinajstić information content (AvgIpc) is 2.44. The number of esters is 1. The van der Waals surface area contributed by atoms with Crippen LogP contribution in [0.1, 0.15) is 26.7 Å². The van der Waals surface area contributed by atoms with Crippen LogP contribution in [-0.2, 0) is 23.2 Å². The third-order valence-corrected chi connectivity index (χ3v) is 3.90. The maximum Gasteiger partial charge on any atom is 0.475 e. The minimum absolute atomic E-state index is 0.310. The fraction of sp³-hybridized carbons (Fsp3) is 0.615. The molecule has 7 heteroatoms. The number of hydrogen-bond acceptors (Lipinski definition) is 5. The molecule has 0 aliphatic heterocycles. The molecule has 1 N–H and O–H groups in total. The fourth-order valence-electron chi connectivity index (χ4n) is 1.25. The van der Waals surface area contributed by atoms with Crippen LogP contribution < -0.4 is 5.32 Å². The van der Waals surface area contributed by atoms with Gasteiger partial charge >= 0.3 is 14.9 Å². The van der Waals surface area contributed by atoms with Crippen LogP contribution in [0.3, 0.4) is 0 Å². The SMILES string of the molecule is CCO[Si](=CCCCNC(=O)/C=C\C(=O)OC)OCC. The second-order valence-corrected chi connectivity index (χ2v) is 5.30. The molecule has 20 heavy (non-hydrogen) atoms. The van der Waals surface area contributed by atoms with Crippen molar-refractivity contribution >= 4 is 26.4 Å². The van der Waals surface area contributed by atoms with Crippen LogP contribution in [0.25, 0.3) is 0 Å². The summed E-state index contributed by atoms with van der Waals surface area (Å²) in [5.41, 5.74) is 2.04. The van der Waals surface area contributed by atoms with Crippen molar-refractivity contribution in [3.05, 3.63) is 12.2 Å². The Bertz CT molecular complexity index is 347. The molecule has 0 saturated carbocycles. The quantitative estimate of drug-likeness (QED) is 0.276. The molecule has 0 unspecified atom stereocenters. The van der Waals surface area contributed by atoms with E-state index in [4.69, 9.17) is 8.85 Å². The number of hydrogen-bond donors (Lipinski definition) is 1. The first kappa shape index (κ1) is 18.4. The Labute approximate surface area is 121 Å². The Kier molecular flexibility index (Phi) is 11.4. The van der Waals surface area contributed by atoms with Crippen molar-refractivity contribution in [3.63, 3.8) is 0 Å². The van der Waals surface area contributed by atoms with Gasteiger partial charge in [0.05, 0.1) is 20.3 Å². The average molecular weight is 301 g/mol. The molecule has 0 spiro atoms. The normalized spacial score (nSPS) is 9.95. The molecular formula is C13H23NO5Si. The van der Waals surface area contributed by atoms with Crippen molar-refractivity contribution in [1.29, 1.82) is 0 Å². The summed E-state index contributed by atoms with van der Waals surface area (Å²) in [5.74, 6) is -0.857. The van der Waals surface area contributed by atoms with Crippen LogP contribution in [0.5, 0.6) is 0 Å². The first-order valence-electron chi connectivity index (χ1n) is 6.63. The summed E-state index contributed by atoms with van der Waals surface area (Å²) in [4.78, 5) is 22.1. The van der Waals surface area contributed by atoms with Gasteiger partial charge in [0, 0.05) is 18.7 Å². The summed E-state index contributed by atoms with van der Waals surface area (Å²) >= 11 is 0. The Hall–Kier alpha value is -1.63. The minimum atomic E-state index is -1.28. The fourth-order valence-corrected chi connectivity index (χ4v) is 2.58. The van der Waals surface area contributed by atoms with Gasteiger partial charge in [-0.1, -0.05) is 0 Å². The topological polar surface area (TPSA) is 73.9 Å². The van der Waals surface area contributed by atoms with Gasteiger partial charge < -0.3 is 18.9 Å². The highest BCUT2D eigenvalue weighted by Crippen LogP contribution is 1.87. The van der Waals surface area contributed by atoms with Crippen molar-refractivity contribution in [1.82, 2.24) is 5.32 Å². The highest BCUT2D eigenvalue weighted by molar-refractivity contribution is 6.54. The lowest BCUT2D eigenvalue weighted by atomic mass is 10.3. The molecule has 6 nitrogen and oxygen atoms in total. The minimum Gasteiger partial charge on any atom is -0.524 e. The van der Waals surface area contributed by atoms with E-state index in [1.165, 1.54) is 7.11 Å². The summed E-state index contributed by atoms with van der Waals surface area (Å²) < 4.78 is 15.3. The van der Waals surface area contributed by atoms with Gasteiger partial charge in [0.1, 0.15) is 0 Å². The van der Waals surface area contributed by atoms with Crippen molar-refractivity contribution < 1.29 is 23.2 Å². The molecule has 0 aromatic heterocycles. The Balaban J connectivity index is 3.84. The van der Waals surface area contributed by atoms with E-state index < -0.39 is 14.9 Å². The lowest BCUT2D eigenvalue weighted by Crippen LogP contribution is -2.23. The number of amides is 1. The van der Waals surface area contributed by atoms with Gasteiger partial charge in [-0.25, -0.2) is 4.79 Å². The van der Waals surface area contributed by atoms with Crippen LogP contribution in [0.2, 0.25) is 0 Å². The molecule has 0 saturated heterocycles. The van der Waals surface area contributed by atoms with E-state index >= 15 is 0 Å². The molecule has 0 radical (unpaired) electrons. The van der Waals surface area contributed by atoms with Gasteiger partial charge in [-0.05, 0) is 32.4 Å². The smallest absolute Gasteiger partial charge is 0.475 e. The van der Waals surface area contributed by atoms with E-state index in [1.54, 1.807) is 0 Å². The summed E-state index contributed by atoms with van der Waals surface area (Å²) in [6.45, 7) is 5.69. The molecule has 0 aliphatic carbocycles. The Morgan fingerprint density at radius 2 is 1.80 bits per heavy atom. The van der Waals surface area contributed by atoms with E-state index in [0.29, 0.717) is 19.8 Å². The van der Waals surface area contributed by atoms with Crippen LogP contribution in [-0.4, -0.2) is 53.3 Å². The molecule has 0 bridgehead atoms. The maximum atomic E-state index is 11.3. The molecule has 0 aromatic carbocycles. The zero-order valence-electron chi connectivity index (χ0n) is 12.3. The van der Waals surface area contributed by atoms with E-state index in [9.17, 15) is 9.59 Å². The maximum absolute atomic E-state index is 11.3. The molecular weight excluding hydrogens is 278 g/mol. The van der Waals surface area contributed by atoms with Gasteiger partial charge in [0.15, 0.2) is 0 Å². The first-order chi connectivity index (χ1) is 9.63. The third-order valence-electron chi connectivity index (χ3n) is 2.14. The van der Waals surface area contributed by atoms with Crippen molar-refractivity contribution in [2.24, 2.45) is 0 Å². The number of carbonyl (C=O) groups excluding carboxylic acids is 2. The molecule has 0 fully saturated rings. The van der Waals surface area contributed by atoms with Crippen LogP contribution in [0, 0.1) is 0 Å². The summed E-state index contributed by atoms with van der Waals surface area (Å²) in [5, 5.41) is 2.68. The van der Waals surface area contributed by atoms with Gasteiger partial charge in [0.2, 0.25) is 5.91 Å². The second-order valence-electron chi connectivity index (χ2n) is 3.68. The zero-order valence-corrected chi connectivity index (χ0v) is 13.3. The second kappa shape index (κ2) is 12.4. The lowest BCUT2D eigenvalue weighted by Gasteiger charge is -2.07. The van der Waals surface area contributed by atoms with Crippen LogP contribution in [0.15, 0.2) is 12.2 Å². The molecule has 0 aliphatic rings. The number of nitrogens with one attached hydrogen (secondary N) is 1. The number of rotatable bonds is 10. The van der Waals surface area contributed by atoms with E-state index in [-0.39, 0.29) is 5.91 Å². The lowest BCUT2D eigenvalue weighted by molar-refractivity contribution is -0.135. The predicted molar refractivity (Wildman–Crippen MR) is 78.5 cm³/mol. The highest BCUT2D eigenvalue weighted by Gasteiger charge is 2.01. The first-order valence-corrected chi connectivity index (χ1v) is 8.03. The molecule has 114 valence electrons. The predicted octanol–water partition coefficient (Wildman–Crippen LogP) is 0.557. The molecule has 1 amide bonds. The Morgan fingerprint density at radius 1 is 1.15 bits per heavy atom. The number of carbonyl (C=O) groups is 2. The molecule has 0 aromatic rings. The molecule has 0 heterocycles. The number of ether oxygens (including phenoxy) is 1. The van der Waals surface area contributed by atoms with E-state index in [1.807, 2.05) is 19.5 Å². The van der Waals surface area contributed by atoms with Gasteiger partial charge in [-0.15, -0.1) is 0 Å². The van der Waals surface area contributed by atoms with Crippen molar-refractivity contribution in [2.75, 3.05) is 26.9 Å². The van der Waals surface area contributed by atoms with Gasteiger partial charge in [-0.2, -0.15) is 0 Å². The van der Waals surface area contributed by atoms with Gasteiger partial charge in [0.25, 0.3) is 0 Å². The Morgan fingerprint density at radius 3 is 2.35 bits per heavy atom. The monoisotopic (exact) mass is 301 g/mol. The largest absolute Gasteiger partial charge is 0.524 e. The van der Waals surface area contributed by atoms with Gasteiger partial charge in [-0.3, -0.25) is 4.79 Å². The van der Waals surface area contributed by atoms with Crippen molar-refractivity contribution in [2.45, 2.75) is 26.7 Å². The third kappa shape index (κ3) is 10.3. The number of methoxy groups -OCH3 is 1. The number of unbranched alkanes of at least 4 members (excludes halogenated alkanes) is 1. The summed E-state index contributed by atoms with van der Waals surface area (Å²) in [7, 11) is -0.0239. The van der Waals surface area contributed by atoms with Crippen LogP contribution >= 0.6 is 0 Å². The zero-order chi connectivity index (χ0) is 15.2. The molecule has 0 rings (SSSR count). The molecule has 0 atom stereocenters. The van der Waals surface area contributed by atoms with E-state index in [0.717, 1.165) is 25.0 Å². The standard InChI is InChI=1S/C13H23NO5Si/c1-4-18-20(19-5-2)11-7-6-10-14-12(15)8-9-13(16)17-3/h8-9,11H,4-7,10H2,1-3H3,(H,14,15)/b9-8-.